The van der Waals surface area contributed by atoms with Crippen molar-refractivity contribution in [1.29, 1.82) is 0 Å². The maximum atomic E-state index is 14.2. The smallest absolute Gasteiger partial charge is 0.283 e. The van der Waals surface area contributed by atoms with Crippen molar-refractivity contribution >= 4 is 6.02 Å². The van der Waals surface area contributed by atoms with Crippen LogP contribution in [0.15, 0.2) is 41.5 Å². The number of hydrogen-bond donors (Lipinski definition) is 2. The number of benzene rings is 1. The van der Waals surface area contributed by atoms with E-state index in [0.29, 0.717) is 12.2 Å². The van der Waals surface area contributed by atoms with Gasteiger partial charge in [0, 0.05) is 29.8 Å². The van der Waals surface area contributed by atoms with E-state index in [4.69, 9.17) is 20.2 Å². The van der Waals surface area contributed by atoms with Crippen LogP contribution in [0.2, 0.25) is 0 Å². The fourth-order valence-electron chi connectivity index (χ4n) is 4.33. The molecule has 1 aromatic carbocycles. The zero-order chi connectivity index (χ0) is 17.7. The summed E-state index contributed by atoms with van der Waals surface area (Å²) in [6.07, 6.45) is 2.40. The Kier molecular flexibility index (Phi) is 3.40. The van der Waals surface area contributed by atoms with E-state index in [2.05, 4.69) is 10.3 Å². The van der Waals surface area contributed by atoms with Crippen LogP contribution in [-0.2, 0) is 10.3 Å². The number of ether oxygens (including phenoxy) is 2. The number of nitrogens with one attached hydrogen (secondary N) is 1. The number of piperidine rings is 1. The van der Waals surface area contributed by atoms with Gasteiger partial charge in [0.1, 0.15) is 24.0 Å². The highest BCUT2D eigenvalue weighted by atomic mass is 19.1. The Bertz CT molecular complexity index is 903. The number of amidine groups is 1. The zero-order valence-electron chi connectivity index (χ0n) is 14.1. The number of aromatic nitrogens is 1. The van der Waals surface area contributed by atoms with E-state index in [9.17, 15) is 4.39 Å². The molecule has 1 spiro atoms. The molecule has 0 aliphatic carbocycles. The van der Waals surface area contributed by atoms with Gasteiger partial charge in [0.2, 0.25) is 5.95 Å². The second-order valence-electron chi connectivity index (χ2n) is 6.97. The Labute approximate surface area is 150 Å². The van der Waals surface area contributed by atoms with Crippen LogP contribution < -0.4 is 15.8 Å². The van der Waals surface area contributed by atoms with Crippen LogP contribution in [0.3, 0.4) is 0 Å². The summed E-state index contributed by atoms with van der Waals surface area (Å²) in [6, 6.07) is 9.32. The Balaban J connectivity index is 1.69. The predicted molar refractivity (Wildman–Crippen MR) is 94.3 cm³/mol. The Morgan fingerprint density at radius 2 is 2.23 bits per heavy atom. The average Bonchev–Trinajstić information content (AvgIpc) is 3.05. The van der Waals surface area contributed by atoms with Gasteiger partial charge in [-0.1, -0.05) is 6.07 Å². The van der Waals surface area contributed by atoms with Gasteiger partial charge in [-0.05, 0) is 42.8 Å². The molecule has 1 unspecified atom stereocenters. The van der Waals surface area contributed by atoms with E-state index in [1.807, 2.05) is 18.2 Å². The molecule has 0 bridgehead atoms. The van der Waals surface area contributed by atoms with E-state index in [0.717, 1.165) is 36.4 Å². The molecule has 0 saturated carbocycles. The van der Waals surface area contributed by atoms with Crippen LogP contribution in [-0.4, -0.2) is 36.8 Å². The van der Waals surface area contributed by atoms with E-state index in [-0.39, 0.29) is 18.0 Å². The third-order valence-corrected chi connectivity index (χ3v) is 5.58. The molecule has 3 atom stereocenters. The Hall–Kier alpha value is -2.67. The van der Waals surface area contributed by atoms with Crippen LogP contribution in [0, 0.1) is 11.9 Å². The number of halogens is 1. The van der Waals surface area contributed by atoms with Crippen molar-refractivity contribution in [2.24, 2.45) is 16.6 Å². The lowest BCUT2D eigenvalue weighted by Gasteiger charge is -2.46. The third kappa shape index (κ3) is 2.20. The quantitative estimate of drug-likeness (QED) is 0.763. The minimum absolute atomic E-state index is 0.0583. The molecule has 1 fully saturated rings. The molecular weight excluding hydrogens is 335 g/mol. The van der Waals surface area contributed by atoms with Gasteiger partial charge in [-0.25, -0.2) is 9.98 Å². The fourth-order valence-corrected chi connectivity index (χ4v) is 4.33. The van der Waals surface area contributed by atoms with Gasteiger partial charge in [0.15, 0.2) is 0 Å². The summed E-state index contributed by atoms with van der Waals surface area (Å²) in [5.74, 6) is 0.378. The standard InChI is InChI=1S/C19H19FN4O2/c20-17-12(2-1-6-23-17)11-3-4-15-13(8-11)19(10-25-18(21)24-19)14-9-22-7-5-16(14)26-15/h1-4,6,8,14,16,22H,5,7,9-10H2,(H2,21,24)/t14-,16-,19?/m0/s1. The first-order chi connectivity index (χ1) is 12.7. The minimum Gasteiger partial charge on any atom is -0.490 e. The maximum Gasteiger partial charge on any atom is 0.283 e. The first-order valence-corrected chi connectivity index (χ1v) is 8.78. The van der Waals surface area contributed by atoms with Gasteiger partial charge in [-0.3, -0.25) is 0 Å². The number of rotatable bonds is 1. The van der Waals surface area contributed by atoms with Crippen LogP contribution in [0.25, 0.3) is 11.1 Å². The van der Waals surface area contributed by atoms with Crippen LogP contribution in [0.5, 0.6) is 5.75 Å². The molecule has 3 N–H and O–H groups in total. The van der Waals surface area contributed by atoms with E-state index < -0.39 is 11.5 Å². The summed E-state index contributed by atoms with van der Waals surface area (Å²) in [4.78, 5) is 8.46. The fraction of sp³-hybridized carbons (Fsp3) is 0.368. The van der Waals surface area contributed by atoms with E-state index >= 15 is 0 Å². The monoisotopic (exact) mass is 354 g/mol. The Morgan fingerprint density at radius 3 is 3.04 bits per heavy atom. The summed E-state index contributed by atoms with van der Waals surface area (Å²) in [5, 5.41) is 3.42. The number of aliphatic imine (C=N–C) groups is 1. The average molecular weight is 354 g/mol. The number of hydrogen-bond acceptors (Lipinski definition) is 6. The van der Waals surface area contributed by atoms with Crippen molar-refractivity contribution in [3.8, 4) is 16.9 Å². The molecule has 2 aromatic rings. The van der Waals surface area contributed by atoms with Crippen LogP contribution in [0.4, 0.5) is 4.39 Å². The largest absolute Gasteiger partial charge is 0.490 e. The van der Waals surface area contributed by atoms with Crippen molar-refractivity contribution < 1.29 is 13.9 Å². The van der Waals surface area contributed by atoms with E-state index in [1.54, 1.807) is 12.1 Å². The molecule has 4 heterocycles. The molecule has 5 rings (SSSR count). The Morgan fingerprint density at radius 1 is 1.31 bits per heavy atom. The first kappa shape index (κ1) is 15.6. The lowest BCUT2D eigenvalue weighted by Crippen LogP contribution is -2.55. The lowest BCUT2D eigenvalue weighted by molar-refractivity contribution is 0.0161. The molecule has 134 valence electrons. The van der Waals surface area contributed by atoms with Crippen molar-refractivity contribution in [2.75, 3.05) is 19.7 Å². The molecule has 0 radical (unpaired) electrons. The second kappa shape index (κ2) is 5.67. The summed E-state index contributed by atoms with van der Waals surface area (Å²) in [7, 11) is 0. The number of nitrogens with zero attached hydrogens (tertiary/aromatic N) is 2. The van der Waals surface area contributed by atoms with Crippen molar-refractivity contribution in [2.45, 2.75) is 18.1 Å². The summed E-state index contributed by atoms with van der Waals surface area (Å²) < 4.78 is 26.0. The van der Waals surface area contributed by atoms with Crippen molar-refractivity contribution in [1.82, 2.24) is 10.3 Å². The maximum absolute atomic E-state index is 14.2. The normalized spacial score (nSPS) is 29.3. The summed E-state index contributed by atoms with van der Waals surface area (Å²) in [5.41, 5.74) is 7.36. The summed E-state index contributed by atoms with van der Waals surface area (Å²) in [6.45, 7) is 2.05. The second-order valence-corrected chi connectivity index (χ2v) is 6.97. The molecule has 26 heavy (non-hydrogen) atoms. The molecule has 3 aliphatic heterocycles. The number of fused-ring (bicyclic) bond motifs is 4. The van der Waals surface area contributed by atoms with Gasteiger partial charge in [0.05, 0.1) is 0 Å². The first-order valence-electron chi connectivity index (χ1n) is 8.78. The molecule has 0 amide bonds. The van der Waals surface area contributed by atoms with Crippen LogP contribution in [0.1, 0.15) is 12.0 Å². The summed E-state index contributed by atoms with van der Waals surface area (Å²) >= 11 is 0. The molecular formula is C19H19FN4O2. The highest BCUT2D eigenvalue weighted by molar-refractivity contribution is 5.75. The highest BCUT2D eigenvalue weighted by Crippen LogP contribution is 2.50. The van der Waals surface area contributed by atoms with Gasteiger partial charge in [0.25, 0.3) is 6.02 Å². The van der Waals surface area contributed by atoms with Gasteiger partial charge < -0.3 is 20.5 Å². The molecule has 1 aromatic heterocycles. The topological polar surface area (TPSA) is 81.8 Å². The minimum atomic E-state index is -0.607. The molecule has 1 saturated heterocycles. The highest BCUT2D eigenvalue weighted by Gasteiger charge is 2.54. The van der Waals surface area contributed by atoms with Crippen molar-refractivity contribution in [3.05, 3.63) is 48.0 Å². The molecule has 7 heteroatoms. The molecule has 6 nitrogen and oxygen atoms in total. The number of nitrogens with two attached hydrogens (primary N) is 1. The van der Waals surface area contributed by atoms with Crippen LogP contribution >= 0.6 is 0 Å². The lowest BCUT2D eigenvalue weighted by atomic mass is 9.71. The zero-order valence-corrected chi connectivity index (χ0v) is 14.1. The van der Waals surface area contributed by atoms with Gasteiger partial charge >= 0.3 is 0 Å². The number of pyridine rings is 1. The predicted octanol–water partition coefficient (Wildman–Crippen LogP) is 1.80. The SMILES string of the molecule is NC1=NC2(CO1)c1cc(-c3cccnc3F)ccc1O[C@H]1CCNC[C@@H]12. The van der Waals surface area contributed by atoms with Crippen molar-refractivity contribution in [3.63, 3.8) is 0 Å². The van der Waals surface area contributed by atoms with Gasteiger partial charge in [-0.15, -0.1) is 0 Å². The van der Waals surface area contributed by atoms with Gasteiger partial charge in [-0.2, -0.15) is 4.39 Å². The third-order valence-electron chi connectivity index (χ3n) is 5.58. The molecule has 3 aliphatic rings. The van der Waals surface area contributed by atoms with E-state index in [1.165, 1.54) is 6.20 Å².